The number of para-hydroxylation sites is 4. The molecule has 0 atom stereocenters. The van der Waals surface area contributed by atoms with E-state index < -0.39 is 0 Å². The van der Waals surface area contributed by atoms with E-state index in [0.717, 1.165) is 111 Å². The number of aryl methyl sites for hydroxylation is 1. The second kappa shape index (κ2) is 13.4. The summed E-state index contributed by atoms with van der Waals surface area (Å²) in [5.74, 6) is 0. The number of fused-ring (bicyclic) bond motifs is 13. The van der Waals surface area contributed by atoms with Crippen LogP contribution in [0.4, 0.5) is 0 Å². The Labute approximate surface area is 366 Å². The molecule has 0 N–H and O–H groups in total. The molecule has 1 aliphatic rings. The Morgan fingerprint density at radius 3 is 1.67 bits per heavy atom. The molecule has 0 saturated carbocycles. The summed E-state index contributed by atoms with van der Waals surface area (Å²) in [6.45, 7) is 2.10. The lowest BCUT2D eigenvalue weighted by Gasteiger charge is -2.27. The number of hydrogen-bond donors (Lipinski definition) is 0. The Hall–Kier alpha value is -8.16. The normalized spacial score (nSPS) is 12.6. The second-order valence-electron chi connectivity index (χ2n) is 16.6. The van der Waals surface area contributed by atoms with Crippen molar-refractivity contribution in [2.24, 2.45) is 0 Å². The molecule has 0 fully saturated rings. The summed E-state index contributed by atoms with van der Waals surface area (Å²) in [6, 6.07) is 61.3. The molecule has 6 heteroatoms. The van der Waals surface area contributed by atoms with Crippen LogP contribution < -0.4 is 0 Å². The molecule has 12 aromatic rings. The van der Waals surface area contributed by atoms with Gasteiger partial charge in [-0.05, 0) is 55.7 Å². The van der Waals surface area contributed by atoms with Crippen molar-refractivity contribution in [2.75, 3.05) is 0 Å². The zero-order valence-electron chi connectivity index (χ0n) is 34.2. The van der Waals surface area contributed by atoms with E-state index in [4.69, 9.17) is 0 Å². The molecule has 294 valence electrons. The highest BCUT2D eigenvalue weighted by atomic mass is 32.1. The van der Waals surface area contributed by atoms with E-state index in [0.29, 0.717) is 16.8 Å². The van der Waals surface area contributed by atoms with E-state index in [1.54, 1.807) is 11.3 Å². The lowest BCUT2D eigenvalue weighted by molar-refractivity contribution is 0.885. The maximum Gasteiger partial charge on any atom is 0.104 e. The highest BCUT2D eigenvalue weighted by molar-refractivity contribution is 7.26. The van der Waals surface area contributed by atoms with Crippen LogP contribution in [0.3, 0.4) is 0 Å². The molecule has 4 aromatic heterocycles. The SMILES string of the molecule is Cc1ccc(-c2c(-n3c4c(c5ccccc53)C=CCC4)c(C#N)c(-n3c4ccccc4c4ccc5c6ccccc6sc5c43)c(C#N)c2-n2c3ccccc3c3ccccc32)cc1. The van der Waals surface area contributed by atoms with Crippen molar-refractivity contribution in [1.29, 1.82) is 10.5 Å². The van der Waals surface area contributed by atoms with Crippen LogP contribution in [0.1, 0.15) is 34.4 Å². The van der Waals surface area contributed by atoms with Crippen molar-refractivity contribution in [2.45, 2.75) is 19.8 Å². The van der Waals surface area contributed by atoms with Crippen LogP contribution in [0.2, 0.25) is 0 Å². The fraction of sp³-hybridized carbons (Fsp3) is 0.0526. The molecular formula is C57H35N5S. The smallest absolute Gasteiger partial charge is 0.104 e. The van der Waals surface area contributed by atoms with E-state index in [-0.39, 0.29) is 0 Å². The minimum absolute atomic E-state index is 0.434. The Bertz CT molecular complexity index is 4010. The maximum absolute atomic E-state index is 12.1. The number of allylic oxidation sites excluding steroid dienone is 1. The molecule has 0 amide bonds. The standard InChI is InChI=1S/C57H35N5S/c1-34-26-28-35(29-27-34)52-54(60-46-20-8-2-14-36(46)37-15-3-9-21-47(37)60)44(32-58)53(45(33-59)55(52)61-48-22-10-4-16-38(48)39-17-5-11-23-49(39)61)62-50-24-12-6-18-40(50)42-30-31-43-41-19-7-13-25-51(41)63-57(43)56(42)62/h2-10,12-22,24-31H,11,23H2,1H3. The van der Waals surface area contributed by atoms with Crippen LogP contribution in [0, 0.1) is 29.6 Å². The first-order valence-electron chi connectivity index (χ1n) is 21.4. The van der Waals surface area contributed by atoms with E-state index >= 15 is 0 Å². The number of benzene rings is 8. The summed E-state index contributed by atoms with van der Waals surface area (Å²) >= 11 is 1.77. The highest BCUT2D eigenvalue weighted by Crippen LogP contribution is 2.50. The molecule has 4 heterocycles. The van der Waals surface area contributed by atoms with Crippen LogP contribution in [0.5, 0.6) is 0 Å². The number of rotatable bonds is 4. The predicted octanol–water partition coefficient (Wildman–Crippen LogP) is 14.9. The quantitative estimate of drug-likeness (QED) is 0.177. The van der Waals surface area contributed by atoms with Gasteiger partial charge in [-0.15, -0.1) is 11.3 Å². The van der Waals surface area contributed by atoms with E-state index in [1.807, 2.05) is 0 Å². The van der Waals surface area contributed by atoms with Gasteiger partial charge in [0.05, 0.1) is 49.3 Å². The van der Waals surface area contributed by atoms with E-state index in [9.17, 15) is 10.5 Å². The maximum atomic E-state index is 12.1. The van der Waals surface area contributed by atoms with Crippen molar-refractivity contribution < 1.29 is 0 Å². The topological polar surface area (TPSA) is 62.4 Å². The Morgan fingerprint density at radius 2 is 1.02 bits per heavy atom. The molecule has 13 rings (SSSR count). The number of nitrogens with zero attached hydrogens (tertiary/aromatic N) is 5. The average Bonchev–Trinajstić information content (AvgIpc) is 4.07. The van der Waals surface area contributed by atoms with Gasteiger partial charge in [-0.1, -0.05) is 145 Å². The summed E-state index contributed by atoms with van der Waals surface area (Å²) in [5, 5.41) is 32.1. The highest BCUT2D eigenvalue weighted by Gasteiger charge is 2.34. The molecule has 63 heavy (non-hydrogen) atoms. The lowest BCUT2D eigenvalue weighted by Crippen LogP contribution is -2.15. The molecule has 0 spiro atoms. The van der Waals surface area contributed by atoms with Crippen LogP contribution in [0.25, 0.3) is 109 Å². The summed E-state index contributed by atoms with van der Waals surface area (Å²) in [5.41, 5.74) is 13.1. The minimum Gasteiger partial charge on any atom is -0.311 e. The molecule has 8 aromatic carbocycles. The number of aromatic nitrogens is 3. The lowest BCUT2D eigenvalue weighted by atomic mass is 9.91. The third-order valence-electron chi connectivity index (χ3n) is 13.3. The monoisotopic (exact) mass is 821 g/mol. The number of nitriles is 2. The van der Waals surface area contributed by atoms with Crippen molar-refractivity contribution >= 4 is 92.1 Å². The van der Waals surface area contributed by atoms with Gasteiger partial charge in [0, 0.05) is 59.2 Å². The Kier molecular flexibility index (Phi) is 7.58. The third-order valence-corrected chi connectivity index (χ3v) is 14.5. The fourth-order valence-corrected chi connectivity index (χ4v) is 11.9. The molecule has 0 saturated heterocycles. The number of thiophene rings is 1. The minimum atomic E-state index is 0.434. The largest absolute Gasteiger partial charge is 0.311 e. The van der Waals surface area contributed by atoms with Crippen LogP contribution >= 0.6 is 11.3 Å². The second-order valence-corrected chi connectivity index (χ2v) is 17.6. The first-order chi connectivity index (χ1) is 31.1. The average molecular weight is 822 g/mol. The van der Waals surface area contributed by atoms with E-state index in [2.05, 4.69) is 203 Å². The first-order valence-corrected chi connectivity index (χ1v) is 22.2. The van der Waals surface area contributed by atoms with Gasteiger partial charge in [-0.25, -0.2) is 0 Å². The van der Waals surface area contributed by atoms with Gasteiger partial charge in [-0.2, -0.15) is 10.5 Å². The van der Waals surface area contributed by atoms with Gasteiger partial charge in [0.15, 0.2) is 0 Å². The summed E-state index contributed by atoms with van der Waals surface area (Å²) in [7, 11) is 0. The molecule has 1 aliphatic carbocycles. The molecule has 0 unspecified atom stereocenters. The van der Waals surface area contributed by atoms with Crippen molar-refractivity contribution in [3.05, 3.63) is 192 Å². The van der Waals surface area contributed by atoms with Gasteiger partial charge in [0.2, 0.25) is 0 Å². The van der Waals surface area contributed by atoms with Crippen LogP contribution in [-0.4, -0.2) is 13.7 Å². The number of hydrogen-bond acceptors (Lipinski definition) is 3. The van der Waals surface area contributed by atoms with E-state index in [1.165, 1.54) is 15.6 Å². The van der Waals surface area contributed by atoms with Gasteiger partial charge < -0.3 is 13.7 Å². The first kappa shape index (κ1) is 35.6. The third kappa shape index (κ3) is 4.84. The van der Waals surface area contributed by atoms with Gasteiger partial charge in [0.1, 0.15) is 23.3 Å². The van der Waals surface area contributed by atoms with Gasteiger partial charge in [0.25, 0.3) is 0 Å². The van der Waals surface area contributed by atoms with Crippen molar-refractivity contribution in [3.8, 4) is 40.3 Å². The Balaban J connectivity index is 1.35. The predicted molar refractivity (Wildman–Crippen MR) is 262 cm³/mol. The molecular weight excluding hydrogens is 787 g/mol. The molecule has 0 radical (unpaired) electrons. The summed E-state index contributed by atoms with van der Waals surface area (Å²) in [6.07, 6.45) is 6.19. The van der Waals surface area contributed by atoms with Gasteiger partial charge >= 0.3 is 0 Å². The zero-order chi connectivity index (χ0) is 41.9. The van der Waals surface area contributed by atoms with Gasteiger partial charge in [-0.3, -0.25) is 0 Å². The molecule has 5 nitrogen and oxygen atoms in total. The summed E-state index contributed by atoms with van der Waals surface area (Å²) < 4.78 is 9.24. The van der Waals surface area contributed by atoms with Crippen LogP contribution in [-0.2, 0) is 6.42 Å². The van der Waals surface area contributed by atoms with Crippen LogP contribution in [0.15, 0.2) is 164 Å². The van der Waals surface area contributed by atoms with Crippen molar-refractivity contribution in [3.63, 3.8) is 0 Å². The summed E-state index contributed by atoms with van der Waals surface area (Å²) in [4.78, 5) is 0. The molecule has 0 aliphatic heterocycles. The Morgan fingerprint density at radius 1 is 0.492 bits per heavy atom. The van der Waals surface area contributed by atoms with Crippen molar-refractivity contribution in [1.82, 2.24) is 13.7 Å². The fourth-order valence-electron chi connectivity index (χ4n) is 10.6. The molecule has 0 bridgehead atoms. The zero-order valence-corrected chi connectivity index (χ0v) is 35.0.